The zero-order valence-electron chi connectivity index (χ0n) is 13.2. The van der Waals surface area contributed by atoms with Gasteiger partial charge < -0.3 is 10.2 Å². The molecule has 1 aliphatic rings. The van der Waals surface area contributed by atoms with Gasteiger partial charge in [0.15, 0.2) is 0 Å². The summed E-state index contributed by atoms with van der Waals surface area (Å²) < 4.78 is 0. The zero-order valence-corrected chi connectivity index (χ0v) is 13.9. The molecule has 0 aliphatic carbocycles. The van der Waals surface area contributed by atoms with Crippen LogP contribution < -0.4 is 5.32 Å². The predicted octanol–water partition coefficient (Wildman–Crippen LogP) is 3.50. The molecule has 1 atom stereocenters. The van der Waals surface area contributed by atoms with Gasteiger partial charge in [-0.05, 0) is 56.0 Å². The maximum Gasteiger partial charge on any atom is 0.253 e. The van der Waals surface area contributed by atoms with Gasteiger partial charge in [0.1, 0.15) is 0 Å². The van der Waals surface area contributed by atoms with Crippen LogP contribution in [0, 0.1) is 12.8 Å². The quantitative estimate of drug-likeness (QED) is 0.923. The summed E-state index contributed by atoms with van der Waals surface area (Å²) >= 11 is 6.07. The van der Waals surface area contributed by atoms with Crippen molar-refractivity contribution < 1.29 is 4.79 Å². The smallest absolute Gasteiger partial charge is 0.253 e. The van der Waals surface area contributed by atoms with E-state index in [1.165, 1.54) is 6.42 Å². The van der Waals surface area contributed by atoms with Gasteiger partial charge in [0, 0.05) is 29.7 Å². The lowest BCUT2D eigenvalue weighted by Gasteiger charge is -2.33. The number of carbonyl (C=O) groups is 1. The number of rotatable bonds is 4. The normalized spacial score (nSPS) is 19.1. The predicted molar refractivity (Wildman–Crippen MR) is 88.0 cm³/mol. The van der Waals surface area contributed by atoms with Crippen LogP contribution >= 0.6 is 11.6 Å². The molecule has 0 saturated carbocycles. The van der Waals surface area contributed by atoms with Crippen LogP contribution in [0.3, 0.4) is 0 Å². The van der Waals surface area contributed by atoms with Crippen molar-refractivity contribution in [3.05, 3.63) is 34.3 Å². The van der Waals surface area contributed by atoms with E-state index in [0.717, 1.165) is 31.6 Å². The fraction of sp³-hybridized carbons (Fsp3) is 0.588. The zero-order chi connectivity index (χ0) is 15.4. The Morgan fingerprint density at radius 2 is 2.19 bits per heavy atom. The van der Waals surface area contributed by atoms with Crippen molar-refractivity contribution in [2.24, 2.45) is 5.92 Å². The van der Waals surface area contributed by atoms with E-state index in [1.807, 2.05) is 24.0 Å². The standard InChI is InChI=1S/C17H25ClN2O/c1-12(2)19-10-14-5-4-6-20(11-14)17(21)15-7-13(3)8-16(18)9-15/h7-9,12,14,19H,4-6,10-11H2,1-3H3. The Kier molecular flexibility index (Phi) is 5.65. The van der Waals surface area contributed by atoms with Gasteiger partial charge in [0.25, 0.3) is 5.91 Å². The van der Waals surface area contributed by atoms with Gasteiger partial charge in [-0.3, -0.25) is 4.79 Å². The molecule has 2 rings (SSSR count). The summed E-state index contributed by atoms with van der Waals surface area (Å²) in [6, 6.07) is 6.06. The van der Waals surface area contributed by atoms with Gasteiger partial charge in [-0.2, -0.15) is 0 Å². The van der Waals surface area contributed by atoms with Gasteiger partial charge in [0.05, 0.1) is 0 Å². The molecule has 1 unspecified atom stereocenters. The highest BCUT2D eigenvalue weighted by atomic mass is 35.5. The van der Waals surface area contributed by atoms with E-state index in [-0.39, 0.29) is 5.91 Å². The van der Waals surface area contributed by atoms with Crippen molar-refractivity contribution in [1.29, 1.82) is 0 Å². The summed E-state index contributed by atoms with van der Waals surface area (Å²) in [5.74, 6) is 0.653. The van der Waals surface area contributed by atoms with Crippen molar-refractivity contribution in [3.63, 3.8) is 0 Å². The monoisotopic (exact) mass is 308 g/mol. The SMILES string of the molecule is Cc1cc(Cl)cc(C(=O)N2CCCC(CNC(C)C)C2)c1. The van der Waals surface area contributed by atoms with Gasteiger partial charge in [-0.25, -0.2) is 0 Å². The molecule has 1 fully saturated rings. The molecule has 1 aromatic rings. The molecule has 1 N–H and O–H groups in total. The Balaban J connectivity index is 2.01. The van der Waals surface area contributed by atoms with Gasteiger partial charge in [0.2, 0.25) is 0 Å². The maximum absolute atomic E-state index is 12.6. The molecule has 0 aromatic heterocycles. The van der Waals surface area contributed by atoms with E-state index in [2.05, 4.69) is 19.2 Å². The molecule has 0 bridgehead atoms. The Bertz CT molecular complexity index is 481. The number of piperidine rings is 1. The number of nitrogens with one attached hydrogen (secondary N) is 1. The first-order chi connectivity index (χ1) is 9.95. The van der Waals surface area contributed by atoms with E-state index < -0.39 is 0 Å². The third-order valence-corrected chi connectivity index (χ3v) is 4.13. The molecule has 4 heteroatoms. The lowest BCUT2D eigenvalue weighted by Crippen LogP contribution is -2.43. The summed E-state index contributed by atoms with van der Waals surface area (Å²) in [4.78, 5) is 14.6. The molecular weight excluding hydrogens is 284 g/mol. The minimum Gasteiger partial charge on any atom is -0.338 e. The molecule has 21 heavy (non-hydrogen) atoms. The average molecular weight is 309 g/mol. The van der Waals surface area contributed by atoms with Crippen molar-refractivity contribution >= 4 is 17.5 Å². The first-order valence-electron chi connectivity index (χ1n) is 7.75. The number of aryl methyl sites for hydroxylation is 1. The molecule has 1 amide bonds. The van der Waals surface area contributed by atoms with Crippen molar-refractivity contribution in [3.8, 4) is 0 Å². The number of nitrogens with zero attached hydrogens (tertiary/aromatic N) is 1. The number of halogens is 1. The van der Waals surface area contributed by atoms with Crippen molar-refractivity contribution in [2.45, 2.75) is 39.7 Å². The highest BCUT2D eigenvalue weighted by Crippen LogP contribution is 2.21. The maximum atomic E-state index is 12.6. The minimum atomic E-state index is 0.106. The number of carbonyl (C=O) groups excluding carboxylic acids is 1. The first kappa shape index (κ1) is 16.3. The molecule has 1 heterocycles. The van der Waals surface area contributed by atoms with Crippen LogP contribution in [0.4, 0.5) is 0 Å². The lowest BCUT2D eigenvalue weighted by atomic mass is 9.97. The minimum absolute atomic E-state index is 0.106. The molecule has 3 nitrogen and oxygen atoms in total. The summed E-state index contributed by atoms with van der Waals surface area (Å²) in [5.41, 5.74) is 1.73. The van der Waals surface area contributed by atoms with Gasteiger partial charge >= 0.3 is 0 Å². The Morgan fingerprint density at radius 1 is 1.43 bits per heavy atom. The highest BCUT2D eigenvalue weighted by Gasteiger charge is 2.24. The largest absolute Gasteiger partial charge is 0.338 e. The summed E-state index contributed by atoms with van der Waals surface area (Å²) in [6.45, 7) is 8.94. The van der Waals surface area contributed by atoms with E-state index in [1.54, 1.807) is 6.07 Å². The fourth-order valence-corrected chi connectivity index (χ4v) is 3.15. The molecular formula is C17H25ClN2O. The summed E-state index contributed by atoms with van der Waals surface area (Å²) in [6.07, 6.45) is 2.27. The molecule has 1 aromatic carbocycles. The van der Waals surface area contributed by atoms with Gasteiger partial charge in [-0.1, -0.05) is 25.4 Å². The van der Waals surface area contributed by atoms with Crippen molar-refractivity contribution in [1.82, 2.24) is 10.2 Å². The van der Waals surface area contributed by atoms with E-state index in [4.69, 9.17) is 11.6 Å². The van der Waals surface area contributed by atoms with Crippen LogP contribution in [0.2, 0.25) is 5.02 Å². The topological polar surface area (TPSA) is 32.3 Å². The second-order valence-electron chi connectivity index (χ2n) is 6.34. The first-order valence-corrected chi connectivity index (χ1v) is 8.13. The van der Waals surface area contributed by atoms with Gasteiger partial charge in [-0.15, -0.1) is 0 Å². The Labute approximate surface area is 132 Å². The second-order valence-corrected chi connectivity index (χ2v) is 6.78. The lowest BCUT2D eigenvalue weighted by molar-refractivity contribution is 0.0672. The number of hydrogen-bond donors (Lipinski definition) is 1. The molecule has 0 spiro atoms. The van der Waals surface area contributed by atoms with Crippen LogP contribution in [0.15, 0.2) is 18.2 Å². The summed E-state index contributed by atoms with van der Waals surface area (Å²) in [7, 11) is 0. The van der Waals surface area contributed by atoms with E-state index in [0.29, 0.717) is 22.5 Å². The van der Waals surface area contributed by atoms with Crippen LogP contribution in [-0.2, 0) is 0 Å². The highest BCUT2D eigenvalue weighted by molar-refractivity contribution is 6.31. The second kappa shape index (κ2) is 7.28. The van der Waals surface area contributed by atoms with Crippen LogP contribution in [0.25, 0.3) is 0 Å². The van der Waals surface area contributed by atoms with Crippen molar-refractivity contribution in [2.75, 3.05) is 19.6 Å². The molecule has 1 aliphatic heterocycles. The fourth-order valence-electron chi connectivity index (χ4n) is 2.86. The van der Waals surface area contributed by atoms with E-state index in [9.17, 15) is 4.79 Å². The molecule has 116 valence electrons. The number of hydrogen-bond acceptors (Lipinski definition) is 2. The Morgan fingerprint density at radius 3 is 2.86 bits per heavy atom. The number of likely N-dealkylation sites (tertiary alicyclic amines) is 1. The Hall–Kier alpha value is -1.06. The number of benzene rings is 1. The van der Waals surface area contributed by atoms with E-state index >= 15 is 0 Å². The van der Waals surface area contributed by atoms with Crippen LogP contribution in [-0.4, -0.2) is 36.5 Å². The third-order valence-electron chi connectivity index (χ3n) is 3.91. The van der Waals surface area contributed by atoms with Crippen LogP contribution in [0.1, 0.15) is 42.6 Å². The molecule has 0 radical (unpaired) electrons. The average Bonchev–Trinajstić information content (AvgIpc) is 2.43. The number of amides is 1. The van der Waals surface area contributed by atoms with Crippen LogP contribution in [0.5, 0.6) is 0 Å². The summed E-state index contributed by atoms with van der Waals surface area (Å²) in [5, 5.41) is 4.11. The third kappa shape index (κ3) is 4.72. The molecule has 1 saturated heterocycles.